The first-order chi connectivity index (χ1) is 17.1. The average Bonchev–Trinajstić information content (AvgIpc) is 3.45. The summed E-state index contributed by atoms with van der Waals surface area (Å²) < 4.78 is 7.77. The fourth-order valence-electron chi connectivity index (χ4n) is 5.00. The van der Waals surface area contributed by atoms with E-state index in [1.807, 2.05) is 24.4 Å². The predicted octanol–water partition coefficient (Wildman–Crippen LogP) is 6.58. The number of aromatic nitrogens is 1. The van der Waals surface area contributed by atoms with E-state index in [1.165, 1.54) is 16.7 Å². The molecule has 0 spiro atoms. The Kier molecular flexibility index (Phi) is 6.13. The molecule has 0 saturated carbocycles. The molecule has 0 bridgehead atoms. The van der Waals surface area contributed by atoms with Crippen molar-refractivity contribution < 1.29 is 14.6 Å². The summed E-state index contributed by atoms with van der Waals surface area (Å²) in [5, 5.41) is 10.7. The van der Waals surface area contributed by atoms with Crippen LogP contribution >= 0.6 is 0 Å². The third kappa shape index (κ3) is 4.28. The summed E-state index contributed by atoms with van der Waals surface area (Å²) in [7, 11) is 0. The van der Waals surface area contributed by atoms with Crippen LogP contribution in [0.25, 0.3) is 22.0 Å². The number of aromatic carboxylic acids is 1. The standard InChI is InChI=1S/C31H34N2O3/c1-19(2)31(3,4)24-15-20(10-12-33-13-11-21-6-5-7-25(29(21)33)30(34)35)14-23(16-24)22-8-9-28-26(17-22)27(32)18-36-28/h5-9,11,13-17,19,27H,10,12,18,32H2,1-4H3,(H,34,35). The van der Waals surface area contributed by atoms with Gasteiger partial charge in [0.15, 0.2) is 0 Å². The SMILES string of the molecule is CC(C)C(C)(C)c1cc(CCn2ccc3cccc(C(=O)O)c32)cc(-c2ccc3c(c2)C(N)CO3)c1. The number of carboxylic acids is 1. The van der Waals surface area contributed by atoms with Crippen LogP contribution in [0.4, 0.5) is 0 Å². The molecular weight excluding hydrogens is 448 g/mol. The zero-order valence-corrected chi connectivity index (χ0v) is 21.4. The molecule has 1 aliphatic rings. The number of nitrogens with zero attached hydrogens (tertiary/aromatic N) is 1. The maximum Gasteiger partial charge on any atom is 0.337 e. The van der Waals surface area contributed by atoms with E-state index in [2.05, 4.69) is 62.6 Å². The van der Waals surface area contributed by atoms with E-state index in [-0.39, 0.29) is 11.5 Å². The Morgan fingerprint density at radius 1 is 1.11 bits per heavy atom. The van der Waals surface area contributed by atoms with E-state index in [9.17, 15) is 9.90 Å². The molecular formula is C31H34N2O3. The van der Waals surface area contributed by atoms with Crippen molar-refractivity contribution in [2.75, 3.05) is 6.61 Å². The molecule has 186 valence electrons. The zero-order chi connectivity index (χ0) is 25.6. The zero-order valence-electron chi connectivity index (χ0n) is 21.4. The monoisotopic (exact) mass is 482 g/mol. The molecule has 5 rings (SSSR count). The van der Waals surface area contributed by atoms with Crippen molar-refractivity contribution in [1.82, 2.24) is 4.57 Å². The van der Waals surface area contributed by atoms with Gasteiger partial charge in [-0.15, -0.1) is 0 Å². The molecule has 0 radical (unpaired) electrons. The Morgan fingerprint density at radius 2 is 1.92 bits per heavy atom. The number of para-hydroxylation sites is 1. The van der Waals surface area contributed by atoms with Gasteiger partial charge in [0.2, 0.25) is 0 Å². The number of hydrogen-bond acceptors (Lipinski definition) is 3. The van der Waals surface area contributed by atoms with Crippen LogP contribution in [0.3, 0.4) is 0 Å². The second-order valence-corrected chi connectivity index (χ2v) is 10.8. The van der Waals surface area contributed by atoms with Crippen molar-refractivity contribution in [3.8, 4) is 16.9 Å². The molecule has 1 aromatic heterocycles. The molecule has 3 N–H and O–H groups in total. The minimum atomic E-state index is -0.901. The molecule has 3 aromatic carbocycles. The molecule has 1 aliphatic heterocycles. The normalized spacial score (nSPS) is 15.3. The van der Waals surface area contributed by atoms with E-state index in [0.29, 0.717) is 24.6 Å². The minimum Gasteiger partial charge on any atom is -0.491 e. The molecule has 5 heteroatoms. The number of carbonyl (C=O) groups is 1. The summed E-state index contributed by atoms with van der Waals surface area (Å²) in [6.07, 6.45) is 2.78. The molecule has 36 heavy (non-hydrogen) atoms. The number of rotatable bonds is 7. The lowest BCUT2D eigenvalue weighted by Crippen LogP contribution is -2.24. The van der Waals surface area contributed by atoms with Crippen molar-refractivity contribution in [3.63, 3.8) is 0 Å². The van der Waals surface area contributed by atoms with Crippen LogP contribution in [0.2, 0.25) is 0 Å². The number of hydrogen-bond donors (Lipinski definition) is 2. The van der Waals surface area contributed by atoms with Gasteiger partial charge in [-0.05, 0) is 64.3 Å². The largest absolute Gasteiger partial charge is 0.491 e. The van der Waals surface area contributed by atoms with Gasteiger partial charge in [0.25, 0.3) is 0 Å². The van der Waals surface area contributed by atoms with Crippen LogP contribution < -0.4 is 10.5 Å². The predicted molar refractivity (Wildman–Crippen MR) is 145 cm³/mol. The average molecular weight is 483 g/mol. The summed E-state index contributed by atoms with van der Waals surface area (Å²) in [5.74, 6) is 0.440. The molecule has 0 aliphatic carbocycles. The van der Waals surface area contributed by atoms with Gasteiger partial charge in [0.1, 0.15) is 12.4 Å². The van der Waals surface area contributed by atoms with Gasteiger partial charge in [-0.25, -0.2) is 4.79 Å². The van der Waals surface area contributed by atoms with Crippen molar-refractivity contribution in [1.29, 1.82) is 0 Å². The number of aryl methyl sites for hydroxylation is 2. The van der Waals surface area contributed by atoms with E-state index in [0.717, 1.165) is 34.2 Å². The lowest BCUT2D eigenvalue weighted by atomic mass is 9.74. The lowest BCUT2D eigenvalue weighted by Gasteiger charge is -2.31. The lowest BCUT2D eigenvalue weighted by molar-refractivity contribution is 0.0698. The topological polar surface area (TPSA) is 77.5 Å². The Hall–Kier alpha value is -3.57. The fraction of sp³-hybridized carbons (Fsp3) is 0.323. The molecule has 0 fully saturated rings. The van der Waals surface area contributed by atoms with Crippen molar-refractivity contribution in [2.24, 2.45) is 11.7 Å². The number of nitrogens with two attached hydrogens (primary N) is 1. The van der Waals surface area contributed by atoms with Crippen LogP contribution in [-0.4, -0.2) is 22.2 Å². The van der Waals surface area contributed by atoms with E-state index < -0.39 is 5.97 Å². The third-order valence-corrected chi connectivity index (χ3v) is 8.00. The first-order valence-corrected chi connectivity index (χ1v) is 12.6. The maximum atomic E-state index is 11.8. The first kappa shape index (κ1) is 24.1. The number of fused-ring (bicyclic) bond motifs is 2. The fourth-order valence-corrected chi connectivity index (χ4v) is 5.00. The number of benzene rings is 3. The third-order valence-electron chi connectivity index (χ3n) is 8.00. The van der Waals surface area contributed by atoms with Crippen LogP contribution in [0, 0.1) is 5.92 Å². The molecule has 4 aromatic rings. The Morgan fingerprint density at radius 3 is 2.67 bits per heavy atom. The molecule has 5 nitrogen and oxygen atoms in total. The summed E-state index contributed by atoms with van der Waals surface area (Å²) in [4.78, 5) is 11.8. The van der Waals surface area contributed by atoms with Gasteiger partial charge in [-0.2, -0.15) is 0 Å². The highest BCUT2D eigenvalue weighted by atomic mass is 16.5. The van der Waals surface area contributed by atoms with Gasteiger partial charge >= 0.3 is 5.97 Å². The smallest absolute Gasteiger partial charge is 0.337 e. The van der Waals surface area contributed by atoms with E-state index >= 15 is 0 Å². The summed E-state index contributed by atoms with van der Waals surface area (Å²) in [6.45, 7) is 10.3. The van der Waals surface area contributed by atoms with Gasteiger partial charge < -0.3 is 20.1 Å². The molecule has 0 amide bonds. The second-order valence-electron chi connectivity index (χ2n) is 10.8. The first-order valence-electron chi connectivity index (χ1n) is 12.6. The summed E-state index contributed by atoms with van der Waals surface area (Å²) in [6, 6.07) is 20.5. The van der Waals surface area contributed by atoms with Gasteiger partial charge in [0, 0.05) is 23.7 Å². The molecule has 0 saturated heterocycles. The van der Waals surface area contributed by atoms with E-state index in [1.54, 1.807) is 12.1 Å². The van der Waals surface area contributed by atoms with Crippen LogP contribution in [0.1, 0.15) is 60.8 Å². The highest BCUT2D eigenvalue weighted by molar-refractivity contribution is 6.02. The Bertz CT molecular complexity index is 1450. The number of carboxylic acid groups (broad SMARTS) is 1. The Labute approximate surface area is 212 Å². The highest BCUT2D eigenvalue weighted by Gasteiger charge is 2.26. The van der Waals surface area contributed by atoms with Crippen LogP contribution in [0.15, 0.2) is 66.9 Å². The molecule has 2 heterocycles. The highest BCUT2D eigenvalue weighted by Crippen LogP contribution is 2.38. The Balaban J connectivity index is 1.54. The second kappa shape index (κ2) is 9.14. The van der Waals surface area contributed by atoms with Gasteiger partial charge in [-0.3, -0.25) is 0 Å². The minimum absolute atomic E-state index is 0.00236. The van der Waals surface area contributed by atoms with Crippen LogP contribution in [-0.2, 0) is 18.4 Å². The maximum absolute atomic E-state index is 11.8. The van der Waals surface area contributed by atoms with Crippen molar-refractivity contribution >= 4 is 16.9 Å². The van der Waals surface area contributed by atoms with Gasteiger partial charge in [-0.1, -0.05) is 64.1 Å². The number of ether oxygens (including phenoxy) is 1. The summed E-state index contributed by atoms with van der Waals surface area (Å²) >= 11 is 0. The van der Waals surface area contributed by atoms with Crippen molar-refractivity contribution in [3.05, 3.63) is 89.1 Å². The van der Waals surface area contributed by atoms with Crippen LogP contribution in [0.5, 0.6) is 5.75 Å². The van der Waals surface area contributed by atoms with E-state index in [4.69, 9.17) is 10.5 Å². The van der Waals surface area contributed by atoms with Crippen molar-refractivity contribution in [2.45, 2.75) is 52.1 Å². The summed E-state index contributed by atoms with van der Waals surface area (Å²) in [5.41, 5.74) is 13.3. The molecule has 1 unspecified atom stereocenters. The quantitative estimate of drug-likeness (QED) is 0.312. The molecule has 1 atom stereocenters. The van der Waals surface area contributed by atoms with Gasteiger partial charge in [0.05, 0.1) is 17.1 Å².